The molecule has 3 rings (SSSR count). The first kappa shape index (κ1) is 18.6. The van der Waals surface area contributed by atoms with E-state index < -0.39 is 0 Å². The van der Waals surface area contributed by atoms with Gasteiger partial charge in [-0.1, -0.05) is 0 Å². The van der Waals surface area contributed by atoms with E-state index in [1.165, 1.54) is 0 Å². The summed E-state index contributed by atoms with van der Waals surface area (Å²) >= 11 is 0. The average molecular weight is 351 g/mol. The highest BCUT2D eigenvalue weighted by molar-refractivity contribution is 5.88. The van der Waals surface area contributed by atoms with Crippen LogP contribution in [-0.4, -0.2) is 84.9 Å². The van der Waals surface area contributed by atoms with Crippen molar-refractivity contribution in [1.82, 2.24) is 20.0 Å². The molecule has 2 heterocycles. The van der Waals surface area contributed by atoms with E-state index in [1.54, 1.807) is 0 Å². The topological polar surface area (TPSA) is 55.9 Å². The second-order valence-corrected chi connectivity index (χ2v) is 8.60. The lowest BCUT2D eigenvalue weighted by Gasteiger charge is -2.46. The van der Waals surface area contributed by atoms with Crippen LogP contribution in [0.1, 0.15) is 51.4 Å². The number of fused-ring (bicyclic) bond motifs is 2. The fourth-order valence-electron chi connectivity index (χ4n) is 4.90. The second kappa shape index (κ2) is 7.23. The van der Waals surface area contributed by atoms with Crippen molar-refractivity contribution in [2.75, 3.05) is 34.7 Å². The maximum atomic E-state index is 12.9. The molecule has 6 nitrogen and oxygen atoms in total. The zero-order valence-electron chi connectivity index (χ0n) is 16.3. The standard InChI is InChI=1S/C19H34N4O2/c1-21(2)12-5-7-17(24)23-14-8-9-16(23)15(13-14)20-18(25)19(22(3)4)10-6-11-19/h14-16H,5-13H2,1-4H3,(H,20,25)/t14-,15+,16+/m1/s1. The van der Waals surface area contributed by atoms with Crippen molar-refractivity contribution in [3.8, 4) is 0 Å². The third-order valence-corrected chi connectivity index (χ3v) is 6.60. The minimum absolute atomic E-state index is 0.140. The van der Waals surface area contributed by atoms with Crippen LogP contribution >= 0.6 is 0 Å². The molecule has 0 radical (unpaired) electrons. The summed E-state index contributed by atoms with van der Waals surface area (Å²) in [5, 5.41) is 3.31. The van der Waals surface area contributed by atoms with Crippen LogP contribution in [0.2, 0.25) is 0 Å². The summed E-state index contributed by atoms with van der Waals surface area (Å²) in [6.45, 7) is 0.945. The summed E-state index contributed by atoms with van der Waals surface area (Å²) in [7, 11) is 8.08. The Morgan fingerprint density at radius 2 is 1.88 bits per heavy atom. The minimum Gasteiger partial charge on any atom is -0.350 e. The number of carbonyl (C=O) groups excluding carboxylic acids is 2. The quantitative estimate of drug-likeness (QED) is 0.746. The number of nitrogens with zero attached hydrogens (tertiary/aromatic N) is 3. The van der Waals surface area contributed by atoms with Crippen molar-refractivity contribution in [1.29, 1.82) is 0 Å². The summed E-state index contributed by atoms with van der Waals surface area (Å²) in [6.07, 6.45) is 7.59. The third kappa shape index (κ3) is 3.43. The van der Waals surface area contributed by atoms with Crippen molar-refractivity contribution in [2.24, 2.45) is 0 Å². The molecule has 2 saturated heterocycles. The molecular weight excluding hydrogens is 316 g/mol. The lowest BCUT2D eigenvalue weighted by Crippen LogP contribution is -2.63. The summed E-state index contributed by atoms with van der Waals surface area (Å²) in [5.74, 6) is 0.443. The van der Waals surface area contributed by atoms with E-state index >= 15 is 0 Å². The molecule has 0 aromatic carbocycles. The molecule has 0 aromatic rings. The van der Waals surface area contributed by atoms with Crippen molar-refractivity contribution in [3.05, 3.63) is 0 Å². The number of carbonyl (C=O) groups is 2. The molecule has 2 amide bonds. The van der Waals surface area contributed by atoms with Crippen molar-refractivity contribution >= 4 is 11.8 Å². The number of amides is 2. The van der Waals surface area contributed by atoms with Gasteiger partial charge in [-0.05, 0) is 79.7 Å². The van der Waals surface area contributed by atoms with Gasteiger partial charge in [0, 0.05) is 12.5 Å². The average Bonchev–Trinajstić information content (AvgIpc) is 3.02. The Bertz CT molecular complexity index is 516. The van der Waals surface area contributed by atoms with Gasteiger partial charge in [-0.3, -0.25) is 14.5 Å². The summed E-state index contributed by atoms with van der Waals surface area (Å²) in [4.78, 5) is 31.9. The van der Waals surface area contributed by atoms with E-state index in [1.807, 2.05) is 28.2 Å². The SMILES string of the molecule is CN(C)CCCC(=O)N1[C@@H]2CC[C@H]1[C@@H](NC(=O)C1(N(C)C)CCC1)C2. The first-order chi connectivity index (χ1) is 11.8. The lowest BCUT2D eigenvalue weighted by molar-refractivity contribution is -0.139. The molecule has 3 fully saturated rings. The molecule has 1 N–H and O–H groups in total. The molecule has 142 valence electrons. The van der Waals surface area contributed by atoms with Crippen molar-refractivity contribution in [3.63, 3.8) is 0 Å². The number of nitrogens with one attached hydrogen (secondary N) is 1. The molecule has 2 bridgehead atoms. The van der Waals surface area contributed by atoms with Gasteiger partial charge in [-0.25, -0.2) is 0 Å². The van der Waals surface area contributed by atoms with E-state index in [4.69, 9.17) is 0 Å². The molecule has 2 aliphatic heterocycles. The first-order valence-electron chi connectivity index (χ1n) is 9.79. The largest absolute Gasteiger partial charge is 0.350 e. The van der Waals surface area contributed by atoms with Gasteiger partial charge in [0.05, 0.1) is 17.6 Å². The van der Waals surface area contributed by atoms with Gasteiger partial charge in [-0.2, -0.15) is 0 Å². The van der Waals surface area contributed by atoms with Gasteiger partial charge in [0.1, 0.15) is 0 Å². The number of likely N-dealkylation sites (N-methyl/N-ethyl adjacent to an activating group) is 1. The van der Waals surface area contributed by atoms with E-state index in [0.717, 1.165) is 51.5 Å². The Hall–Kier alpha value is -1.14. The van der Waals surface area contributed by atoms with E-state index in [0.29, 0.717) is 12.5 Å². The number of rotatable bonds is 7. The predicted molar refractivity (Wildman–Crippen MR) is 98.3 cm³/mol. The Kier molecular flexibility index (Phi) is 5.40. The molecule has 0 aromatic heterocycles. The molecule has 1 aliphatic carbocycles. The Labute approximate surface area is 151 Å². The normalized spacial score (nSPS) is 30.0. The zero-order chi connectivity index (χ0) is 18.2. The third-order valence-electron chi connectivity index (χ3n) is 6.60. The van der Waals surface area contributed by atoms with Gasteiger partial charge < -0.3 is 15.1 Å². The molecular formula is C19H34N4O2. The second-order valence-electron chi connectivity index (χ2n) is 8.60. The maximum Gasteiger partial charge on any atom is 0.240 e. The van der Waals surface area contributed by atoms with Crippen LogP contribution in [0.4, 0.5) is 0 Å². The molecule has 6 heteroatoms. The van der Waals surface area contributed by atoms with E-state index in [2.05, 4.69) is 20.0 Å². The Balaban J connectivity index is 1.57. The van der Waals surface area contributed by atoms with Crippen molar-refractivity contribution < 1.29 is 9.59 Å². The molecule has 1 saturated carbocycles. The smallest absolute Gasteiger partial charge is 0.240 e. The van der Waals surface area contributed by atoms with E-state index in [9.17, 15) is 9.59 Å². The van der Waals surface area contributed by atoms with Crippen LogP contribution in [-0.2, 0) is 9.59 Å². The monoisotopic (exact) mass is 350 g/mol. The molecule has 3 aliphatic rings. The predicted octanol–water partition coefficient (Wildman–Crippen LogP) is 1.06. The van der Waals surface area contributed by atoms with Gasteiger partial charge in [0.15, 0.2) is 0 Å². The fraction of sp³-hybridized carbons (Fsp3) is 0.895. The Morgan fingerprint density at radius 3 is 2.44 bits per heavy atom. The highest BCUT2D eigenvalue weighted by Crippen LogP contribution is 2.40. The maximum absolute atomic E-state index is 12.9. The van der Waals surface area contributed by atoms with Crippen LogP contribution in [0, 0.1) is 0 Å². The molecule has 0 unspecified atom stereocenters. The number of hydrogen-bond donors (Lipinski definition) is 1. The van der Waals surface area contributed by atoms with Crippen molar-refractivity contribution in [2.45, 2.75) is 75.0 Å². The van der Waals surface area contributed by atoms with Crippen LogP contribution < -0.4 is 5.32 Å². The van der Waals surface area contributed by atoms with E-state index in [-0.39, 0.29) is 29.4 Å². The van der Waals surface area contributed by atoms with Crippen LogP contribution in [0.25, 0.3) is 0 Å². The summed E-state index contributed by atoms with van der Waals surface area (Å²) < 4.78 is 0. The van der Waals surface area contributed by atoms with Crippen LogP contribution in [0.5, 0.6) is 0 Å². The van der Waals surface area contributed by atoms with Gasteiger partial charge in [0.2, 0.25) is 11.8 Å². The highest BCUT2D eigenvalue weighted by Gasteiger charge is 2.52. The van der Waals surface area contributed by atoms with Gasteiger partial charge >= 0.3 is 0 Å². The number of hydrogen-bond acceptors (Lipinski definition) is 4. The fourth-order valence-corrected chi connectivity index (χ4v) is 4.90. The highest BCUT2D eigenvalue weighted by atomic mass is 16.2. The van der Waals surface area contributed by atoms with Gasteiger partial charge in [0.25, 0.3) is 0 Å². The summed E-state index contributed by atoms with van der Waals surface area (Å²) in [5.41, 5.74) is -0.317. The molecule has 3 atom stereocenters. The first-order valence-corrected chi connectivity index (χ1v) is 9.79. The van der Waals surface area contributed by atoms with Gasteiger partial charge in [-0.15, -0.1) is 0 Å². The molecule has 25 heavy (non-hydrogen) atoms. The zero-order valence-corrected chi connectivity index (χ0v) is 16.3. The Morgan fingerprint density at radius 1 is 1.16 bits per heavy atom. The lowest BCUT2D eigenvalue weighted by atomic mass is 9.74. The van der Waals surface area contributed by atoms with Crippen LogP contribution in [0.15, 0.2) is 0 Å². The molecule has 0 spiro atoms. The summed E-state index contributed by atoms with van der Waals surface area (Å²) in [6, 6.07) is 0.681. The minimum atomic E-state index is -0.317. The van der Waals surface area contributed by atoms with Crippen LogP contribution in [0.3, 0.4) is 0 Å².